The Morgan fingerprint density at radius 3 is 1.15 bits per heavy atom. The topological polar surface area (TPSA) is 103 Å². The van der Waals surface area contributed by atoms with Gasteiger partial charge in [-0.1, -0.05) is 84.0 Å². The SMILES string of the molecule is CCCCCCCCCCCCCCCC[N+](C)(C)C.CN.O=S(=O)([O-])O. The van der Waals surface area contributed by atoms with Crippen molar-refractivity contribution in [3.05, 3.63) is 0 Å². The molecule has 0 aromatic heterocycles. The second kappa shape index (κ2) is 22.1. The number of hydrogen-bond acceptors (Lipinski definition) is 4. The summed E-state index contributed by atoms with van der Waals surface area (Å²) in [5, 5.41) is 0. The van der Waals surface area contributed by atoms with Crippen LogP contribution in [0.3, 0.4) is 0 Å². The van der Waals surface area contributed by atoms with E-state index < -0.39 is 10.4 Å². The van der Waals surface area contributed by atoms with Crippen LogP contribution in [0.5, 0.6) is 0 Å². The first-order valence-corrected chi connectivity index (χ1v) is 12.0. The van der Waals surface area contributed by atoms with Gasteiger partial charge in [0.1, 0.15) is 0 Å². The molecule has 0 atom stereocenters. The zero-order chi connectivity index (χ0) is 21.6. The summed E-state index contributed by atoms with van der Waals surface area (Å²) in [6.45, 7) is 3.63. The van der Waals surface area contributed by atoms with Crippen LogP contribution in [0.4, 0.5) is 0 Å². The first-order valence-electron chi connectivity index (χ1n) is 10.6. The van der Waals surface area contributed by atoms with Gasteiger partial charge in [-0.15, -0.1) is 0 Å². The third-order valence-electron chi connectivity index (χ3n) is 4.18. The molecule has 0 radical (unpaired) electrons. The third kappa shape index (κ3) is 51.8. The summed E-state index contributed by atoms with van der Waals surface area (Å²) in [6.07, 6.45) is 20.4. The number of rotatable bonds is 15. The summed E-state index contributed by atoms with van der Waals surface area (Å²) in [7, 11) is 3.47. The zero-order valence-electron chi connectivity index (χ0n) is 18.7. The van der Waals surface area contributed by atoms with E-state index in [0.717, 1.165) is 4.48 Å². The Balaban J connectivity index is -0.000000705. The predicted molar refractivity (Wildman–Crippen MR) is 116 cm³/mol. The van der Waals surface area contributed by atoms with Gasteiger partial charge in [0, 0.05) is 0 Å². The molecule has 27 heavy (non-hydrogen) atoms. The Labute approximate surface area is 170 Å². The van der Waals surface area contributed by atoms with Crippen molar-refractivity contribution in [2.24, 2.45) is 5.73 Å². The fourth-order valence-corrected chi connectivity index (χ4v) is 2.78. The van der Waals surface area contributed by atoms with E-state index in [1.807, 2.05) is 0 Å². The van der Waals surface area contributed by atoms with Gasteiger partial charge in [0.15, 0.2) is 0 Å². The van der Waals surface area contributed by atoms with Crippen molar-refractivity contribution in [3.63, 3.8) is 0 Å². The van der Waals surface area contributed by atoms with Crippen molar-refractivity contribution in [1.29, 1.82) is 0 Å². The number of nitrogens with two attached hydrogens (primary N) is 1. The molecule has 0 aromatic carbocycles. The fraction of sp³-hybridized carbons (Fsp3) is 1.00. The molecule has 0 fully saturated rings. The van der Waals surface area contributed by atoms with Crippen molar-refractivity contribution >= 4 is 10.4 Å². The van der Waals surface area contributed by atoms with Crippen LogP contribution in [0.1, 0.15) is 96.8 Å². The lowest BCUT2D eigenvalue weighted by Crippen LogP contribution is -2.35. The van der Waals surface area contributed by atoms with Gasteiger partial charge in [-0.05, 0) is 19.9 Å². The lowest BCUT2D eigenvalue weighted by Gasteiger charge is -2.23. The van der Waals surface area contributed by atoms with Crippen LogP contribution >= 0.6 is 0 Å². The lowest BCUT2D eigenvalue weighted by atomic mass is 10.0. The van der Waals surface area contributed by atoms with Crippen molar-refractivity contribution in [1.82, 2.24) is 0 Å². The van der Waals surface area contributed by atoms with Crippen LogP contribution in [0.15, 0.2) is 0 Å². The van der Waals surface area contributed by atoms with Gasteiger partial charge in [-0.2, -0.15) is 0 Å². The molecular formula is C20H48N2O4S. The molecule has 0 rings (SSSR count). The number of quaternary nitrogens is 1. The van der Waals surface area contributed by atoms with Crippen LogP contribution in [0.25, 0.3) is 0 Å². The van der Waals surface area contributed by atoms with E-state index in [-0.39, 0.29) is 0 Å². The molecule has 0 heterocycles. The lowest BCUT2D eigenvalue weighted by molar-refractivity contribution is -0.870. The molecule has 6 nitrogen and oxygen atoms in total. The highest BCUT2D eigenvalue weighted by Crippen LogP contribution is 2.13. The van der Waals surface area contributed by atoms with Gasteiger partial charge in [0.25, 0.3) is 0 Å². The molecule has 0 saturated carbocycles. The quantitative estimate of drug-likeness (QED) is 0.175. The molecule has 0 aliphatic carbocycles. The molecule has 0 bridgehead atoms. The monoisotopic (exact) mass is 412 g/mol. The molecular weight excluding hydrogens is 364 g/mol. The standard InChI is InChI=1S/C19H42N.CH5N.H2O4S/c1-5-6-7-8-9-10-11-12-13-14-15-16-17-18-19-20(2,3)4;1-2;1-5(2,3)4/h5-19H2,1-4H3;2H2,1H3;(H2,1,2,3,4)/q+1;;/p-1. The van der Waals surface area contributed by atoms with E-state index in [2.05, 4.69) is 33.8 Å². The Bertz CT molecular complexity index is 361. The van der Waals surface area contributed by atoms with E-state index in [1.165, 1.54) is 103 Å². The van der Waals surface area contributed by atoms with Gasteiger partial charge in [0.05, 0.1) is 27.7 Å². The summed E-state index contributed by atoms with van der Waals surface area (Å²) in [5.74, 6) is 0. The average Bonchev–Trinajstić information content (AvgIpc) is 2.54. The summed E-state index contributed by atoms with van der Waals surface area (Å²) in [5.41, 5.74) is 4.50. The largest absolute Gasteiger partial charge is 0.726 e. The minimum absolute atomic E-state index is 1.12. The average molecular weight is 413 g/mol. The van der Waals surface area contributed by atoms with Gasteiger partial charge in [-0.25, -0.2) is 8.42 Å². The first-order chi connectivity index (χ1) is 12.6. The Hall–Kier alpha value is -0.210. The van der Waals surface area contributed by atoms with E-state index in [9.17, 15) is 0 Å². The van der Waals surface area contributed by atoms with Crippen LogP contribution < -0.4 is 5.73 Å². The maximum Gasteiger partial charge on any atom is 0.215 e. The highest BCUT2D eigenvalue weighted by molar-refractivity contribution is 7.79. The Morgan fingerprint density at radius 1 is 0.704 bits per heavy atom. The molecule has 0 aromatic rings. The maximum atomic E-state index is 8.63. The normalized spacial score (nSPS) is 11.3. The second-order valence-electron chi connectivity index (χ2n) is 8.04. The third-order valence-corrected chi connectivity index (χ3v) is 4.18. The maximum absolute atomic E-state index is 8.63. The summed E-state index contributed by atoms with van der Waals surface area (Å²) < 4.78 is 34.0. The van der Waals surface area contributed by atoms with E-state index in [0.29, 0.717) is 0 Å². The highest BCUT2D eigenvalue weighted by atomic mass is 32.3. The van der Waals surface area contributed by atoms with Crippen LogP contribution in [0.2, 0.25) is 0 Å². The number of hydrogen-bond donors (Lipinski definition) is 2. The minimum Gasteiger partial charge on any atom is -0.726 e. The van der Waals surface area contributed by atoms with Crippen molar-refractivity contribution in [3.8, 4) is 0 Å². The van der Waals surface area contributed by atoms with Crippen molar-refractivity contribution < 1.29 is 22.0 Å². The zero-order valence-corrected chi connectivity index (χ0v) is 19.5. The van der Waals surface area contributed by atoms with Gasteiger partial charge < -0.3 is 14.8 Å². The minimum atomic E-state index is -4.92. The molecule has 0 aliphatic heterocycles. The number of unbranched alkanes of at least 4 members (excludes halogenated alkanes) is 13. The molecule has 0 saturated heterocycles. The van der Waals surface area contributed by atoms with E-state index >= 15 is 0 Å². The van der Waals surface area contributed by atoms with Gasteiger partial charge in [-0.3, -0.25) is 4.55 Å². The summed E-state index contributed by atoms with van der Waals surface area (Å²) in [6, 6.07) is 0. The summed E-state index contributed by atoms with van der Waals surface area (Å²) >= 11 is 0. The van der Waals surface area contributed by atoms with E-state index in [4.69, 9.17) is 17.5 Å². The molecule has 0 aliphatic rings. The second-order valence-corrected chi connectivity index (χ2v) is 8.89. The Morgan fingerprint density at radius 2 is 0.926 bits per heavy atom. The predicted octanol–water partition coefficient (Wildman–Crippen LogP) is 4.75. The van der Waals surface area contributed by atoms with Crippen LogP contribution in [0, 0.1) is 0 Å². The summed E-state index contributed by atoms with van der Waals surface area (Å²) in [4.78, 5) is 0. The Kier molecular flexibility index (Phi) is 25.8. The smallest absolute Gasteiger partial charge is 0.215 e. The molecule has 3 N–H and O–H groups in total. The van der Waals surface area contributed by atoms with Gasteiger partial charge in [0.2, 0.25) is 10.4 Å². The molecule has 0 amide bonds. The van der Waals surface area contributed by atoms with Gasteiger partial charge >= 0.3 is 0 Å². The van der Waals surface area contributed by atoms with E-state index in [1.54, 1.807) is 0 Å². The fourth-order valence-electron chi connectivity index (χ4n) is 2.78. The highest BCUT2D eigenvalue weighted by Gasteiger charge is 2.04. The van der Waals surface area contributed by atoms with Crippen molar-refractivity contribution in [2.75, 3.05) is 34.7 Å². The molecule has 7 heteroatoms. The van der Waals surface area contributed by atoms with Crippen LogP contribution in [-0.2, 0) is 10.4 Å². The molecule has 0 unspecified atom stereocenters. The van der Waals surface area contributed by atoms with Crippen LogP contribution in [-0.4, -0.2) is 56.7 Å². The molecule has 0 spiro atoms. The number of nitrogens with zero attached hydrogens (tertiary/aromatic N) is 1. The van der Waals surface area contributed by atoms with Crippen molar-refractivity contribution in [2.45, 2.75) is 96.8 Å². The molecule has 168 valence electrons. The first kappa shape index (κ1) is 31.5.